The second-order valence-electron chi connectivity index (χ2n) is 13.8. The second kappa shape index (κ2) is 18.7. The first-order valence-electron chi connectivity index (χ1n) is 18.4. The first-order valence-corrected chi connectivity index (χ1v) is 23.8. The van der Waals surface area contributed by atoms with Crippen molar-refractivity contribution in [3.05, 3.63) is 25.3 Å². The van der Waals surface area contributed by atoms with E-state index in [-0.39, 0.29) is 59.9 Å². The molecule has 4 aromatic heterocycles. The molecular weight excluding hydrogens is 896 g/mol. The van der Waals surface area contributed by atoms with Gasteiger partial charge in [-0.2, -0.15) is 0 Å². The van der Waals surface area contributed by atoms with Crippen molar-refractivity contribution in [3.63, 3.8) is 0 Å². The summed E-state index contributed by atoms with van der Waals surface area (Å²) < 4.78 is 96.0. The number of nitrogens with zero attached hydrogens (tertiary/aromatic N) is 8. The summed E-state index contributed by atoms with van der Waals surface area (Å²) in [5.74, 6) is -0.915. The van der Waals surface area contributed by atoms with Gasteiger partial charge in [0.1, 0.15) is 42.6 Å². The third kappa shape index (κ3) is 10.2. The van der Waals surface area contributed by atoms with Crippen LogP contribution in [0.4, 0.5) is 25.2 Å². The van der Waals surface area contributed by atoms with E-state index in [1.807, 2.05) is 0 Å². The summed E-state index contributed by atoms with van der Waals surface area (Å²) in [6.07, 6.45) is -8.08. The fourth-order valence-corrected chi connectivity index (χ4v) is 9.66. The van der Waals surface area contributed by atoms with Crippen molar-refractivity contribution in [2.45, 2.75) is 80.9 Å². The minimum atomic E-state index is -4.51. The van der Waals surface area contributed by atoms with Gasteiger partial charge in [0.2, 0.25) is 11.8 Å². The fourth-order valence-electron chi connectivity index (χ4n) is 6.70. The third-order valence-corrected chi connectivity index (χ3v) is 12.8. The molecule has 0 aromatic carbocycles. The van der Waals surface area contributed by atoms with Gasteiger partial charge < -0.3 is 42.6 Å². The first-order chi connectivity index (χ1) is 29.0. The maximum Gasteiger partial charge on any atom is 0.386 e. The Labute approximate surface area is 353 Å². The van der Waals surface area contributed by atoms with Crippen LogP contribution in [0.2, 0.25) is 0 Å². The van der Waals surface area contributed by atoms with Crippen LogP contribution in [0.1, 0.15) is 38.1 Å². The van der Waals surface area contributed by atoms with Crippen LogP contribution in [-0.2, 0) is 46.3 Å². The van der Waals surface area contributed by atoms with Gasteiger partial charge in [-0.05, 0) is 19.3 Å². The first kappa shape index (κ1) is 44.9. The number of hydrogen-bond donors (Lipinski definition) is 8. The molecule has 25 nitrogen and oxygen atoms in total. The molecule has 0 radical (unpaired) electrons. The molecule has 31 heteroatoms. The number of primary amides is 1. The van der Waals surface area contributed by atoms with Gasteiger partial charge in [-0.15, -0.1) is 0 Å². The largest absolute Gasteiger partial charge is 0.386 e. The lowest BCUT2D eigenvalue weighted by Crippen LogP contribution is -2.41. The Morgan fingerprint density at radius 3 is 1.95 bits per heavy atom. The molecule has 2 unspecified atom stereocenters. The molecule has 3 aliphatic rings. The number of hydrogen-bond acceptors (Lipinski definition) is 19. The predicted octanol–water partition coefficient (Wildman–Crippen LogP) is 1.22. The molecule has 0 saturated carbocycles. The summed E-state index contributed by atoms with van der Waals surface area (Å²) in [6.45, 7) is -10.0. The number of aromatic nitrogens is 8. The SMILES string of the molecule is NC(=O)NCCC[C@H](N)C(=O)NCCCC(=O)Nc1ncnc2c1ncn2[C@@H]1O[C@@H]2CO[P@@](=O)(S)OC3[C@@H](F)[C@H](n4cnc5c(N)ncnc54)O[C@@H]3CO[P@@](=O)(S)OC2[C@H]1F. The van der Waals surface area contributed by atoms with Gasteiger partial charge in [0, 0.05) is 19.5 Å². The van der Waals surface area contributed by atoms with Gasteiger partial charge in [-0.3, -0.25) is 36.8 Å². The monoisotopic (exact) mass is 936 g/mol. The summed E-state index contributed by atoms with van der Waals surface area (Å²) >= 11 is 8.06. The van der Waals surface area contributed by atoms with Crippen molar-refractivity contribution in [1.29, 1.82) is 0 Å². The molecule has 7 rings (SSSR count). The van der Waals surface area contributed by atoms with Crippen LogP contribution in [0.15, 0.2) is 25.3 Å². The molecule has 3 fully saturated rings. The Balaban J connectivity index is 0.993. The molecule has 4 aromatic rings. The van der Waals surface area contributed by atoms with E-state index in [1.165, 1.54) is 15.5 Å². The lowest BCUT2D eigenvalue weighted by atomic mass is 10.1. The fraction of sp³-hybridized carbons (Fsp3) is 0.567. The number of alkyl halides is 2. The lowest BCUT2D eigenvalue weighted by molar-refractivity contribution is -0.123. The number of imidazole rings is 2. The molecule has 0 aliphatic carbocycles. The molecule has 332 valence electrons. The van der Waals surface area contributed by atoms with Crippen molar-refractivity contribution in [2.75, 3.05) is 37.4 Å². The molecular formula is C30H40F2N14O11P2S2. The highest BCUT2D eigenvalue weighted by Crippen LogP contribution is 2.60. The van der Waals surface area contributed by atoms with E-state index in [2.05, 4.69) is 70.4 Å². The number of anilines is 2. The van der Waals surface area contributed by atoms with Crippen LogP contribution in [0.25, 0.3) is 22.3 Å². The predicted molar refractivity (Wildman–Crippen MR) is 213 cm³/mol. The number of nitrogens with one attached hydrogen (secondary N) is 3. The highest BCUT2D eigenvalue weighted by molar-refractivity contribution is 8.44. The number of amides is 4. The lowest BCUT2D eigenvalue weighted by Gasteiger charge is -2.28. The number of fused-ring (bicyclic) bond motifs is 4. The smallest absolute Gasteiger partial charge is 0.382 e. The number of thiol groups is 2. The van der Waals surface area contributed by atoms with Crippen molar-refractivity contribution in [3.8, 4) is 0 Å². The van der Waals surface area contributed by atoms with Crippen LogP contribution in [0, 0.1) is 0 Å². The maximum absolute atomic E-state index is 16.5. The Bertz CT molecular complexity index is 2370. The average molecular weight is 937 g/mol. The van der Waals surface area contributed by atoms with Crippen molar-refractivity contribution in [1.82, 2.24) is 49.7 Å². The number of nitrogen functional groups attached to an aromatic ring is 1. The maximum atomic E-state index is 16.5. The minimum absolute atomic E-state index is 0.00491. The van der Waals surface area contributed by atoms with Gasteiger partial charge in [0.15, 0.2) is 53.2 Å². The Morgan fingerprint density at radius 1 is 0.820 bits per heavy atom. The Hall–Kier alpha value is -4.15. The van der Waals surface area contributed by atoms with Crippen LogP contribution in [0.3, 0.4) is 0 Å². The Morgan fingerprint density at radius 2 is 1.36 bits per heavy atom. The van der Waals surface area contributed by atoms with E-state index < -0.39 is 99.9 Å². The van der Waals surface area contributed by atoms with E-state index in [4.69, 9.17) is 44.8 Å². The molecule has 11 atom stereocenters. The van der Waals surface area contributed by atoms with Gasteiger partial charge >= 0.3 is 19.6 Å². The van der Waals surface area contributed by atoms with Crippen molar-refractivity contribution in [2.24, 2.45) is 11.5 Å². The summed E-state index contributed by atoms with van der Waals surface area (Å²) in [5, 5.41) is 7.66. The Kier molecular flexibility index (Phi) is 13.7. The van der Waals surface area contributed by atoms with E-state index >= 15 is 8.78 Å². The summed E-state index contributed by atoms with van der Waals surface area (Å²) in [7, 11) is 0. The quantitative estimate of drug-likeness (QED) is 0.0562. The number of carbonyl (C=O) groups is 3. The molecule has 0 spiro atoms. The zero-order chi connectivity index (χ0) is 43.6. The van der Waals surface area contributed by atoms with Gasteiger partial charge in [0.05, 0.1) is 31.9 Å². The molecule has 4 amide bonds. The number of urea groups is 1. The van der Waals surface area contributed by atoms with Gasteiger partial charge in [0.25, 0.3) is 0 Å². The van der Waals surface area contributed by atoms with Crippen molar-refractivity contribution < 1.29 is 59.9 Å². The van der Waals surface area contributed by atoms with E-state index in [0.29, 0.717) is 12.8 Å². The van der Waals surface area contributed by atoms with Crippen molar-refractivity contribution >= 4 is 89.9 Å². The zero-order valence-electron chi connectivity index (χ0n) is 31.5. The molecule has 0 bridgehead atoms. The summed E-state index contributed by atoms with van der Waals surface area (Å²) in [6, 6.07) is -1.50. The molecule has 61 heavy (non-hydrogen) atoms. The summed E-state index contributed by atoms with van der Waals surface area (Å²) in [5.41, 5.74) is 17.1. The van der Waals surface area contributed by atoms with Crippen LogP contribution < -0.4 is 33.2 Å². The van der Waals surface area contributed by atoms with E-state index in [1.54, 1.807) is 0 Å². The van der Waals surface area contributed by atoms with Gasteiger partial charge in [-0.1, -0.05) is 24.5 Å². The third-order valence-electron chi connectivity index (χ3n) is 9.61. The summed E-state index contributed by atoms with van der Waals surface area (Å²) in [4.78, 5) is 60.4. The van der Waals surface area contributed by atoms with Crippen LogP contribution in [-0.4, -0.2) is 126 Å². The molecule has 7 heterocycles. The molecule has 3 saturated heterocycles. The average Bonchev–Trinajstić information content (AvgIpc) is 3.98. The molecule has 9 N–H and O–H groups in total. The van der Waals surface area contributed by atoms with Crippen LogP contribution >= 0.6 is 38.1 Å². The standard InChI is InChI=1S/C30H40F2N14O11P2S2/c31-17-21-14(54-28(17)45-11-42-19-23(34)38-9-40-25(19)45)7-52-59(51,61)57-22-15(8-53-58(50,60)56-21)55-29(18(22)32)46-12-43-20-24(39-10-41-26(20)46)44-16(47)4-2-5-36-27(48)13(33)3-1-6-37-30(35)49/h9-15,17-18,21-22,28-29H,1-8,33H2,(H,36,48)(H,50,60)(H,51,61)(H2,34,38,40)(H3,35,37,49)(H,39,41,44,47)/t13-,14+,15+,17+,18+,21?,22?,28+,29+,58+,59+/m0/s1. The highest BCUT2D eigenvalue weighted by atomic mass is 32.7. The zero-order valence-corrected chi connectivity index (χ0v) is 35.1. The number of nitrogens with two attached hydrogens (primary N) is 3. The number of rotatable bonds is 12. The topological polar surface area (TPSA) is 342 Å². The van der Waals surface area contributed by atoms with E-state index in [0.717, 1.165) is 19.0 Å². The normalized spacial score (nSPS) is 31.1. The molecule has 3 aliphatic heterocycles. The minimum Gasteiger partial charge on any atom is -0.382 e. The number of ether oxygens (including phenoxy) is 2. The van der Waals surface area contributed by atoms with E-state index in [9.17, 15) is 23.5 Å². The second-order valence-corrected chi connectivity index (χ2v) is 19.6. The number of carbonyl (C=O) groups excluding carboxylic acids is 3. The van der Waals surface area contributed by atoms with Gasteiger partial charge in [-0.25, -0.2) is 52.6 Å². The van der Waals surface area contributed by atoms with Crippen LogP contribution in [0.5, 0.6) is 0 Å². The highest BCUT2D eigenvalue weighted by Gasteiger charge is 2.54. The number of halogens is 2.